The summed E-state index contributed by atoms with van der Waals surface area (Å²) in [6.07, 6.45) is 1.01. The van der Waals surface area contributed by atoms with Crippen molar-refractivity contribution in [1.29, 1.82) is 0 Å². The number of hydrogen-bond donors (Lipinski definition) is 1. The number of halogens is 1. The van der Waals surface area contributed by atoms with Crippen molar-refractivity contribution in [3.05, 3.63) is 29.8 Å². The molecule has 96 valence electrons. The van der Waals surface area contributed by atoms with Crippen molar-refractivity contribution in [2.45, 2.75) is 13.0 Å². The molecule has 1 aromatic rings. The summed E-state index contributed by atoms with van der Waals surface area (Å²) >= 11 is 5.50. The van der Waals surface area contributed by atoms with Gasteiger partial charge >= 0.3 is 0 Å². The monoisotopic (exact) mass is 257 g/mol. The third-order valence-electron chi connectivity index (χ3n) is 2.35. The van der Waals surface area contributed by atoms with E-state index in [0.717, 1.165) is 31.9 Å². The van der Waals surface area contributed by atoms with Crippen LogP contribution in [0, 0.1) is 0 Å². The molecule has 0 atom stereocenters. The van der Waals surface area contributed by atoms with Gasteiger partial charge in [-0.3, -0.25) is 0 Å². The van der Waals surface area contributed by atoms with E-state index in [1.165, 1.54) is 5.56 Å². The fourth-order valence-electron chi connectivity index (χ4n) is 1.43. The van der Waals surface area contributed by atoms with E-state index in [0.29, 0.717) is 12.5 Å². The zero-order chi connectivity index (χ0) is 12.3. The Labute approximate surface area is 108 Å². The molecule has 0 heterocycles. The fourth-order valence-corrected chi connectivity index (χ4v) is 1.54. The Morgan fingerprint density at radius 3 is 2.59 bits per heavy atom. The predicted molar refractivity (Wildman–Crippen MR) is 70.9 cm³/mol. The standard InChI is InChI=1S/C13H20ClNO2/c1-16-13-5-3-12(4-6-13)11-15-8-2-9-17-10-7-14/h3-6,15H,2,7-11H2,1H3. The molecule has 0 unspecified atom stereocenters. The summed E-state index contributed by atoms with van der Waals surface area (Å²) in [6, 6.07) is 8.08. The smallest absolute Gasteiger partial charge is 0.118 e. The minimum Gasteiger partial charge on any atom is -0.497 e. The highest BCUT2D eigenvalue weighted by Crippen LogP contribution is 2.10. The maximum absolute atomic E-state index is 5.50. The van der Waals surface area contributed by atoms with E-state index in [4.69, 9.17) is 21.1 Å². The highest BCUT2D eigenvalue weighted by molar-refractivity contribution is 6.17. The summed E-state index contributed by atoms with van der Waals surface area (Å²) in [4.78, 5) is 0. The molecular formula is C13H20ClNO2. The van der Waals surface area contributed by atoms with Crippen molar-refractivity contribution in [2.24, 2.45) is 0 Å². The SMILES string of the molecule is COc1ccc(CNCCCOCCCl)cc1. The molecule has 0 bridgehead atoms. The Hall–Kier alpha value is -0.770. The van der Waals surface area contributed by atoms with E-state index in [2.05, 4.69) is 17.4 Å². The van der Waals surface area contributed by atoms with Gasteiger partial charge in [0.15, 0.2) is 0 Å². The van der Waals surface area contributed by atoms with Crippen LogP contribution in [0.1, 0.15) is 12.0 Å². The summed E-state index contributed by atoms with van der Waals surface area (Å²) in [5, 5.41) is 3.36. The van der Waals surface area contributed by atoms with Crippen LogP contribution in [0.4, 0.5) is 0 Å². The van der Waals surface area contributed by atoms with Gasteiger partial charge in [0.2, 0.25) is 0 Å². The lowest BCUT2D eigenvalue weighted by atomic mass is 10.2. The summed E-state index contributed by atoms with van der Waals surface area (Å²) in [7, 11) is 1.67. The lowest BCUT2D eigenvalue weighted by Crippen LogP contribution is -2.16. The van der Waals surface area contributed by atoms with Crippen LogP contribution in [0.3, 0.4) is 0 Å². The number of alkyl halides is 1. The zero-order valence-corrected chi connectivity index (χ0v) is 11.0. The van der Waals surface area contributed by atoms with Crippen molar-refractivity contribution in [3.8, 4) is 5.75 Å². The van der Waals surface area contributed by atoms with Gasteiger partial charge in [0.25, 0.3) is 0 Å². The van der Waals surface area contributed by atoms with Crippen molar-refractivity contribution >= 4 is 11.6 Å². The largest absolute Gasteiger partial charge is 0.497 e. The van der Waals surface area contributed by atoms with Crippen LogP contribution >= 0.6 is 11.6 Å². The topological polar surface area (TPSA) is 30.5 Å². The van der Waals surface area contributed by atoms with Gasteiger partial charge in [-0.2, -0.15) is 0 Å². The van der Waals surface area contributed by atoms with Crippen molar-refractivity contribution < 1.29 is 9.47 Å². The minimum atomic E-state index is 0.569. The van der Waals surface area contributed by atoms with Crippen LogP contribution in [0.5, 0.6) is 5.75 Å². The summed E-state index contributed by atoms with van der Waals surface area (Å²) in [6.45, 7) is 3.23. The zero-order valence-electron chi connectivity index (χ0n) is 10.2. The molecule has 0 aromatic heterocycles. The first-order valence-electron chi connectivity index (χ1n) is 5.84. The maximum Gasteiger partial charge on any atom is 0.118 e. The van der Waals surface area contributed by atoms with E-state index in [9.17, 15) is 0 Å². The van der Waals surface area contributed by atoms with Crippen LogP contribution < -0.4 is 10.1 Å². The molecule has 0 saturated carbocycles. The van der Waals surface area contributed by atoms with Crippen LogP contribution in [-0.2, 0) is 11.3 Å². The first kappa shape index (κ1) is 14.3. The quantitative estimate of drug-likeness (QED) is 0.545. The molecule has 0 spiro atoms. The van der Waals surface area contributed by atoms with Crippen LogP contribution in [0.15, 0.2) is 24.3 Å². The van der Waals surface area contributed by atoms with Gasteiger partial charge in [-0.25, -0.2) is 0 Å². The van der Waals surface area contributed by atoms with Crippen molar-refractivity contribution in [1.82, 2.24) is 5.32 Å². The lowest BCUT2D eigenvalue weighted by molar-refractivity contribution is 0.146. The number of benzene rings is 1. The van der Waals surface area contributed by atoms with Gasteiger partial charge in [0.1, 0.15) is 5.75 Å². The number of methoxy groups -OCH3 is 1. The van der Waals surface area contributed by atoms with Crippen molar-refractivity contribution in [2.75, 3.05) is 32.7 Å². The molecule has 1 N–H and O–H groups in total. The maximum atomic E-state index is 5.50. The highest BCUT2D eigenvalue weighted by Gasteiger charge is 1.94. The predicted octanol–water partition coefficient (Wildman–Crippen LogP) is 2.43. The van der Waals surface area contributed by atoms with Gasteiger partial charge in [0, 0.05) is 19.0 Å². The molecule has 0 aliphatic heterocycles. The van der Waals surface area contributed by atoms with Gasteiger partial charge in [-0.1, -0.05) is 12.1 Å². The number of ether oxygens (including phenoxy) is 2. The summed E-state index contributed by atoms with van der Waals surface area (Å²) < 4.78 is 10.4. The van der Waals surface area contributed by atoms with Gasteiger partial charge in [0.05, 0.1) is 13.7 Å². The average molecular weight is 258 g/mol. The van der Waals surface area contributed by atoms with Crippen LogP contribution in [-0.4, -0.2) is 32.7 Å². The summed E-state index contributed by atoms with van der Waals surface area (Å²) in [5.74, 6) is 1.46. The van der Waals surface area contributed by atoms with Gasteiger partial charge < -0.3 is 14.8 Å². The molecular weight excluding hydrogens is 238 g/mol. The number of hydrogen-bond acceptors (Lipinski definition) is 3. The fraction of sp³-hybridized carbons (Fsp3) is 0.538. The molecule has 0 amide bonds. The molecule has 3 nitrogen and oxygen atoms in total. The van der Waals surface area contributed by atoms with E-state index in [1.807, 2.05) is 12.1 Å². The summed E-state index contributed by atoms with van der Waals surface area (Å²) in [5.41, 5.74) is 1.26. The molecule has 4 heteroatoms. The Balaban J connectivity index is 2.05. The first-order valence-corrected chi connectivity index (χ1v) is 6.37. The first-order chi connectivity index (χ1) is 8.36. The number of nitrogens with one attached hydrogen (secondary N) is 1. The van der Waals surface area contributed by atoms with E-state index in [-0.39, 0.29) is 0 Å². The average Bonchev–Trinajstić information content (AvgIpc) is 2.38. The molecule has 0 aliphatic rings. The number of rotatable bonds is 9. The van der Waals surface area contributed by atoms with Gasteiger partial charge in [-0.15, -0.1) is 11.6 Å². The lowest BCUT2D eigenvalue weighted by Gasteiger charge is -2.06. The third kappa shape index (κ3) is 6.51. The van der Waals surface area contributed by atoms with E-state index >= 15 is 0 Å². The molecule has 1 rings (SSSR count). The molecule has 0 radical (unpaired) electrons. The minimum absolute atomic E-state index is 0.569. The van der Waals surface area contributed by atoms with Gasteiger partial charge in [-0.05, 0) is 30.7 Å². The Morgan fingerprint density at radius 1 is 1.18 bits per heavy atom. The second kappa shape index (κ2) is 9.28. The highest BCUT2D eigenvalue weighted by atomic mass is 35.5. The van der Waals surface area contributed by atoms with Crippen molar-refractivity contribution in [3.63, 3.8) is 0 Å². The molecule has 17 heavy (non-hydrogen) atoms. The van der Waals surface area contributed by atoms with Crippen LogP contribution in [0.25, 0.3) is 0 Å². The van der Waals surface area contributed by atoms with E-state index in [1.54, 1.807) is 7.11 Å². The normalized spacial score (nSPS) is 10.5. The Bertz CT molecular complexity index is 290. The van der Waals surface area contributed by atoms with Crippen LogP contribution in [0.2, 0.25) is 0 Å². The Morgan fingerprint density at radius 2 is 1.94 bits per heavy atom. The Kier molecular flexibility index (Phi) is 7.80. The van der Waals surface area contributed by atoms with E-state index < -0.39 is 0 Å². The molecule has 0 saturated heterocycles. The molecule has 0 fully saturated rings. The second-order valence-corrected chi connectivity index (χ2v) is 4.06. The second-order valence-electron chi connectivity index (χ2n) is 3.68. The molecule has 1 aromatic carbocycles. The third-order valence-corrected chi connectivity index (χ3v) is 2.51. The molecule has 0 aliphatic carbocycles.